The molecule has 3 nitrogen and oxygen atoms in total. The molecule has 1 aromatic carbocycles. The molecule has 0 amide bonds. The van der Waals surface area contributed by atoms with Gasteiger partial charge in [-0.25, -0.2) is 0 Å². The maximum atomic E-state index is 6.03. The average Bonchev–Trinajstić information content (AvgIpc) is 2.92. The Labute approximate surface area is 122 Å². The largest absolute Gasteiger partial charge is 0.493 e. The fourth-order valence-corrected chi connectivity index (χ4v) is 2.71. The van der Waals surface area contributed by atoms with E-state index in [-0.39, 0.29) is 0 Å². The molecule has 0 saturated carbocycles. The fraction of sp³-hybridized carbons (Fsp3) is 0.647. The lowest BCUT2D eigenvalue weighted by molar-refractivity contribution is 0.0901. The number of aryl methyl sites for hydroxylation is 1. The second kappa shape index (κ2) is 7.65. The molecule has 2 atom stereocenters. The molecule has 0 bridgehead atoms. The van der Waals surface area contributed by atoms with Crippen molar-refractivity contribution in [3.05, 3.63) is 29.3 Å². The van der Waals surface area contributed by atoms with Crippen molar-refractivity contribution in [2.75, 3.05) is 19.8 Å². The number of hydrogen-bond acceptors (Lipinski definition) is 3. The summed E-state index contributed by atoms with van der Waals surface area (Å²) in [7, 11) is 0. The molecule has 0 aliphatic carbocycles. The van der Waals surface area contributed by atoms with Crippen LogP contribution in [0.2, 0.25) is 0 Å². The topological polar surface area (TPSA) is 30.5 Å². The Balaban J connectivity index is 1.95. The van der Waals surface area contributed by atoms with E-state index in [4.69, 9.17) is 9.47 Å². The summed E-state index contributed by atoms with van der Waals surface area (Å²) >= 11 is 0. The second-order valence-corrected chi connectivity index (χ2v) is 5.59. The lowest BCUT2D eigenvalue weighted by Gasteiger charge is -2.19. The quantitative estimate of drug-likeness (QED) is 0.826. The monoisotopic (exact) mass is 277 g/mol. The SMILES string of the molecule is CCNC(C)c1ccc(C)cc1OCCC1CCCO1. The molecular weight excluding hydrogens is 250 g/mol. The van der Waals surface area contributed by atoms with Crippen molar-refractivity contribution in [2.24, 2.45) is 0 Å². The minimum atomic E-state index is 0.318. The molecule has 2 rings (SSSR count). The van der Waals surface area contributed by atoms with Crippen LogP contribution in [0, 0.1) is 6.92 Å². The number of nitrogens with one attached hydrogen (secondary N) is 1. The van der Waals surface area contributed by atoms with Crippen LogP contribution in [0.25, 0.3) is 0 Å². The molecule has 1 aliphatic heterocycles. The van der Waals surface area contributed by atoms with E-state index in [1.165, 1.54) is 24.0 Å². The first-order valence-corrected chi connectivity index (χ1v) is 7.79. The summed E-state index contributed by atoms with van der Waals surface area (Å²) in [6.07, 6.45) is 3.76. The molecule has 1 saturated heterocycles. The molecule has 2 unspecified atom stereocenters. The normalized spacial score (nSPS) is 20.1. The van der Waals surface area contributed by atoms with Crippen molar-refractivity contribution >= 4 is 0 Å². The van der Waals surface area contributed by atoms with Gasteiger partial charge in [0.05, 0.1) is 12.7 Å². The molecule has 0 spiro atoms. The first-order chi connectivity index (χ1) is 9.70. The number of ether oxygens (including phenoxy) is 2. The summed E-state index contributed by atoms with van der Waals surface area (Å²) in [4.78, 5) is 0. The van der Waals surface area contributed by atoms with E-state index in [1.807, 2.05) is 0 Å². The van der Waals surface area contributed by atoms with Crippen LogP contribution >= 0.6 is 0 Å². The Morgan fingerprint density at radius 3 is 3.00 bits per heavy atom. The highest BCUT2D eigenvalue weighted by atomic mass is 16.5. The van der Waals surface area contributed by atoms with E-state index < -0.39 is 0 Å². The van der Waals surface area contributed by atoms with Crippen molar-refractivity contribution in [3.63, 3.8) is 0 Å². The maximum absolute atomic E-state index is 6.03. The van der Waals surface area contributed by atoms with E-state index in [9.17, 15) is 0 Å². The fourth-order valence-electron chi connectivity index (χ4n) is 2.71. The van der Waals surface area contributed by atoms with Crippen molar-refractivity contribution in [2.45, 2.75) is 52.2 Å². The van der Waals surface area contributed by atoms with Crippen molar-refractivity contribution in [1.82, 2.24) is 5.32 Å². The third-order valence-corrected chi connectivity index (χ3v) is 3.87. The summed E-state index contributed by atoms with van der Waals surface area (Å²) in [6, 6.07) is 6.78. The predicted molar refractivity (Wildman–Crippen MR) is 82.4 cm³/mol. The van der Waals surface area contributed by atoms with Crippen LogP contribution in [0.1, 0.15) is 50.3 Å². The van der Waals surface area contributed by atoms with Gasteiger partial charge < -0.3 is 14.8 Å². The Morgan fingerprint density at radius 2 is 2.30 bits per heavy atom. The number of hydrogen-bond donors (Lipinski definition) is 1. The van der Waals surface area contributed by atoms with Gasteiger partial charge in [-0.15, -0.1) is 0 Å². The zero-order valence-corrected chi connectivity index (χ0v) is 12.9. The zero-order valence-electron chi connectivity index (χ0n) is 12.9. The first-order valence-electron chi connectivity index (χ1n) is 7.79. The van der Waals surface area contributed by atoms with Crippen LogP contribution in [0.3, 0.4) is 0 Å². The highest BCUT2D eigenvalue weighted by Gasteiger charge is 2.16. The van der Waals surface area contributed by atoms with Crippen LogP contribution in [-0.2, 0) is 4.74 Å². The molecule has 3 heteroatoms. The van der Waals surface area contributed by atoms with Gasteiger partial charge in [0, 0.05) is 24.6 Å². The van der Waals surface area contributed by atoms with Crippen molar-refractivity contribution in [3.8, 4) is 5.75 Å². The number of rotatable bonds is 7. The third kappa shape index (κ3) is 4.22. The Kier molecular flexibility index (Phi) is 5.86. The third-order valence-electron chi connectivity index (χ3n) is 3.87. The van der Waals surface area contributed by atoms with Gasteiger partial charge in [0.1, 0.15) is 5.75 Å². The van der Waals surface area contributed by atoms with Crippen molar-refractivity contribution < 1.29 is 9.47 Å². The minimum absolute atomic E-state index is 0.318. The average molecular weight is 277 g/mol. The number of benzene rings is 1. The highest BCUT2D eigenvalue weighted by Crippen LogP contribution is 2.27. The van der Waals surface area contributed by atoms with Gasteiger partial charge in [-0.2, -0.15) is 0 Å². The van der Waals surface area contributed by atoms with Crippen LogP contribution in [0.15, 0.2) is 18.2 Å². The predicted octanol–water partition coefficient (Wildman–Crippen LogP) is 3.61. The molecular formula is C17H27NO2. The molecule has 1 aliphatic rings. The van der Waals surface area contributed by atoms with Crippen molar-refractivity contribution in [1.29, 1.82) is 0 Å². The van der Waals surface area contributed by atoms with Gasteiger partial charge in [-0.1, -0.05) is 19.1 Å². The first kappa shape index (κ1) is 15.3. The van der Waals surface area contributed by atoms with E-state index >= 15 is 0 Å². The second-order valence-electron chi connectivity index (χ2n) is 5.59. The molecule has 1 heterocycles. The zero-order chi connectivity index (χ0) is 14.4. The molecule has 1 aromatic rings. The smallest absolute Gasteiger partial charge is 0.124 e. The molecule has 0 radical (unpaired) electrons. The summed E-state index contributed by atoms with van der Waals surface area (Å²) < 4.78 is 11.7. The lowest BCUT2D eigenvalue weighted by Crippen LogP contribution is -2.19. The van der Waals surface area contributed by atoms with Crippen LogP contribution in [0.4, 0.5) is 0 Å². The lowest BCUT2D eigenvalue weighted by atomic mass is 10.0. The molecule has 1 fully saturated rings. The maximum Gasteiger partial charge on any atom is 0.124 e. The van der Waals surface area contributed by atoms with E-state index in [2.05, 4.69) is 44.3 Å². The molecule has 112 valence electrons. The van der Waals surface area contributed by atoms with Gasteiger partial charge in [-0.3, -0.25) is 0 Å². The van der Waals surface area contributed by atoms with Gasteiger partial charge in [-0.05, 0) is 44.9 Å². The van der Waals surface area contributed by atoms with Gasteiger partial charge in [0.25, 0.3) is 0 Å². The minimum Gasteiger partial charge on any atom is -0.493 e. The Morgan fingerprint density at radius 1 is 1.45 bits per heavy atom. The molecule has 20 heavy (non-hydrogen) atoms. The van der Waals surface area contributed by atoms with E-state index in [0.29, 0.717) is 12.1 Å². The summed E-state index contributed by atoms with van der Waals surface area (Å²) in [5.74, 6) is 1.01. The van der Waals surface area contributed by atoms with Gasteiger partial charge in [0.2, 0.25) is 0 Å². The van der Waals surface area contributed by atoms with E-state index in [1.54, 1.807) is 0 Å². The standard InChI is InChI=1S/C17H27NO2/c1-4-18-14(3)16-8-7-13(2)12-17(16)20-11-9-15-6-5-10-19-15/h7-8,12,14-15,18H,4-6,9-11H2,1-3H3. The molecule has 0 aromatic heterocycles. The van der Waals surface area contributed by atoms with Gasteiger partial charge >= 0.3 is 0 Å². The molecule has 1 N–H and O–H groups in total. The van der Waals surface area contributed by atoms with Crippen LogP contribution in [0.5, 0.6) is 5.75 Å². The Bertz CT molecular complexity index is 413. The summed E-state index contributed by atoms with van der Waals surface area (Å²) in [6.45, 7) is 9.03. The van der Waals surface area contributed by atoms with E-state index in [0.717, 1.165) is 31.9 Å². The highest BCUT2D eigenvalue weighted by molar-refractivity contribution is 5.39. The Hall–Kier alpha value is -1.06. The van der Waals surface area contributed by atoms with Crippen LogP contribution in [-0.4, -0.2) is 25.9 Å². The summed E-state index contributed by atoms with van der Waals surface area (Å²) in [5.41, 5.74) is 2.48. The van der Waals surface area contributed by atoms with Gasteiger partial charge in [0.15, 0.2) is 0 Å². The van der Waals surface area contributed by atoms with Crippen LogP contribution < -0.4 is 10.1 Å². The summed E-state index contributed by atoms with van der Waals surface area (Å²) in [5, 5.41) is 3.45.